The summed E-state index contributed by atoms with van der Waals surface area (Å²) in [6, 6.07) is 5.37. The Morgan fingerprint density at radius 1 is 0.840 bits per heavy atom. The zero-order chi connectivity index (χ0) is 38.1. The van der Waals surface area contributed by atoms with E-state index in [0.717, 1.165) is 5.56 Å². The van der Waals surface area contributed by atoms with E-state index in [1.54, 1.807) is 23.0 Å². The van der Waals surface area contributed by atoms with Crippen molar-refractivity contribution in [1.82, 2.24) is 31.1 Å². The smallest absolute Gasteiger partial charge is 0.243 e. The molecule has 0 aliphatic carbocycles. The number of unbranched alkanes of at least 4 members (excludes halogenated alkanes) is 1. The van der Waals surface area contributed by atoms with E-state index in [2.05, 4.69) is 26.3 Å². The second-order valence-electron chi connectivity index (χ2n) is 11.6. The van der Waals surface area contributed by atoms with Gasteiger partial charge < -0.3 is 54.0 Å². The molecule has 15 nitrogen and oxygen atoms in total. The van der Waals surface area contributed by atoms with Crippen LogP contribution in [0.25, 0.3) is 0 Å². The molecule has 0 bridgehead atoms. The van der Waals surface area contributed by atoms with Gasteiger partial charge in [0.25, 0.3) is 0 Å². The molecule has 0 spiro atoms. The fourth-order valence-corrected chi connectivity index (χ4v) is 4.93. The van der Waals surface area contributed by atoms with Gasteiger partial charge in [-0.2, -0.15) is 0 Å². The molecule has 1 aromatic carbocycles. The second-order valence-corrected chi connectivity index (χ2v) is 11.8. The van der Waals surface area contributed by atoms with Crippen LogP contribution in [0, 0.1) is 0 Å². The number of rotatable bonds is 24. The van der Waals surface area contributed by atoms with E-state index in [-0.39, 0.29) is 25.2 Å². The highest BCUT2D eigenvalue weighted by atomic mass is 32.1. The van der Waals surface area contributed by atoms with Crippen LogP contribution in [0.5, 0.6) is 0 Å². The molecule has 0 radical (unpaired) electrons. The molecular formula is C34H61N11O4S. The number of aliphatic imine (C=N–C) groups is 1. The normalized spacial score (nSPS) is 13.2. The maximum atomic E-state index is 14.0. The van der Waals surface area contributed by atoms with Gasteiger partial charge in [0.1, 0.15) is 18.1 Å². The minimum absolute atomic E-state index is 0.0358. The van der Waals surface area contributed by atoms with Crippen molar-refractivity contribution in [2.45, 2.75) is 89.9 Å². The molecule has 0 saturated heterocycles. The number of hydrogen-bond acceptors (Lipinski definition) is 9. The third-order valence-electron chi connectivity index (χ3n) is 7.30. The van der Waals surface area contributed by atoms with Gasteiger partial charge in [0.2, 0.25) is 23.6 Å². The molecule has 4 amide bonds. The van der Waals surface area contributed by atoms with E-state index in [0.29, 0.717) is 51.0 Å². The second kappa shape index (κ2) is 26.6. The van der Waals surface area contributed by atoms with Crippen LogP contribution in [0.2, 0.25) is 0 Å². The van der Waals surface area contributed by atoms with Gasteiger partial charge in [-0.15, -0.1) is 0 Å². The van der Waals surface area contributed by atoms with Crippen LogP contribution in [-0.4, -0.2) is 110 Å². The van der Waals surface area contributed by atoms with E-state index < -0.39 is 47.8 Å². The highest BCUT2D eigenvalue weighted by Crippen LogP contribution is 2.13. The van der Waals surface area contributed by atoms with Crippen molar-refractivity contribution in [2.75, 3.05) is 40.8 Å². The van der Waals surface area contributed by atoms with Gasteiger partial charge in [0, 0.05) is 52.4 Å². The number of thiocarbonyl (C=S) groups is 1. The van der Waals surface area contributed by atoms with Crippen molar-refractivity contribution in [3.05, 3.63) is 47.8 Å². The molecule has 282 valence electrons. The molecule has 1 aromatic rings. The summed E-state index contributed by atoms with van der Waals surface area (Å²) < 4.78 is 0. The quantitative estimate of drug-likeness (QED) is 0.0307. The summed E-state index contributed by atoms with van der Waals surface area (Å²) in [6.45, 7) is 7.11. The van der Waals surface area contributed by atoms with Gasteiger partial charge in [-0.1, -0.05) is 63.3 Å². The van der Waals surface area contributed by atoms with Crippen molar-refractivity contribution in [3.63, 3.8) is 0 Å². The van der Waals surface area contributed by atoms with E-state index in [9.17, 15) is 19.2 Å². The average Bonchev–Trinajstić information content (AvgIpc) is 3.08. The number of likely N-dealkylation sites (N-methyl/N-ethyl adjacent to an activating group) is 1. The minimum Gasteiger partial charge on any atom is -0.382 e. The first-order chi connectivity index (χ1) is 23.8. The lowest BCUT2D eigenvalue weighted by molar-refractivity contribution is -0.133. The number of benzene rings is 1. The number of nitrogens with zero attached hydrogens (tertiary/aromatic N) is 3. The van der Waals surface area contributed by atoms with Crippen LogP contribution in [-0.2, 0) is 25.6 Å². The number of nitrogens with two attached hydrogens (primary N) is 4. The predicted octanol–water partition coefficient (Wildman–Crippen LogP) is 0.0378. The molecule has 4 unspecified atom stereocenters. The van der Waals surface area contributed by atoms with Crippen LogP contribution in [0.3, 0.4) is 0 Å². The van der Waals surface area contributed by atoms with Gasteiger partial charge in [0.05, 0.1) is 11.5 Å². The summed E-state index contributed by atoms with van der Waals surface area (Å²) >= 11 is 5.15. The molecule has 0 fully saturated rings. The fraction of sp³-hybridized carbons (Fsp3) is 0.588. The number of primary amides is 1. The molecular weight excluding hydrogens is 659 g/mol. The van der Waals surface area contributed by atoms with Crippen LogP contribution in [0.15, 0.2) is 47.2 Å². The van der Waals surface area contributed by atoms with Gasteiger partial charge in [-0.05, 0) is 50.8 Å². The zero-order valence-corrected chi connectivity index (χ0v) is 31.4. The summed E-state index contributed by atoms with van der Waals surface area (Å²) in [4.78, 5) is 61.0. The molecule has 0 aliphatic heterocycles. The van der Waals surface area contributed by atoms with Crippen molar-refractivity contribution in [1.29, 1.82) is 0 Å². The number of amides is 4. The first-order valence-corrected chi connectivity index (χ1v) is 17.6. The monoisotopic (exact) mass is 719 g/mol. The third-order valence-corrected chi connectivity index (χ3v) is 7.62. The highest BCUT2D eigenvalue weighted by molar-refractivity contribution is 7.78. The lowest BCUT2D eigenvalue weighted by atomic mass is 10.0. The van der Waals surface area contributed by atoms with E-state index in [4.69, 9.17) is 35.2 Å². The fourth-order valence-electron chi connectivity index (χ4n) is 4.80. The number of guanidine groups is 1. The molecule has 16 heteroatoms. The summed E-state index contributed by atoms with van der Waals surface area (Å²) in [5, 5.41) is 11.6. The molecule has 1 rings (SSSR count). The Morgan fingerprint density at radius 2 is 1.40 bits per heavy atom. The molecule has 4 atom stereocenters. The lowest BCUT2D eigenvalue weighted by Gasteiger charge is -2.28. The van der Waals surface area contributed by atoms with Crippen molar-refractivity contribution >= 4 is 47.3 Å². The third kappa shape index (κ3) is 19.0. The first kappa shape index (κ1) is 45.7. The topological polar surface area (TPSA) is 239 Å². The van der Waals surface area contributed by atoms with Gasteiger partial charge in [-0.25, -0.2) is 0 Å². The molecule has 12 N–H and O–H groups in total. The molecule has 0 saturated carbocycles. The van der Waals surface area contributed by atoms with Gasteiger partial charge in [-0.3, -0.25) is 24.2 Å². The predicted molar refractivity (Wildman–Crippen MR) is 205 cm³/mol. The van der Waals surface area contributed by atoms with Crippen molar-refractivity contribution in [3.8, 4) is 0 Å². The van der Waals surface area contributed by atoms with Crippen LogP contribution < -0.4 is 44.2 Å². The number of carbonyl (C=O) groups excluding carboxylic acids is 4. The largest absolute Gasteiger partial charge is 0.382 e. The summed E-state index contributed by atoms with van der Waals surface area (Å²) in [6.07, 6.45) is 4.35. The standard InChI is InChI=1S/C32H55N11O4S.C2H6/c1-5-37-24(15-11-17-38-32(35)36)29(45)41-27(19-23(20-42(2)3)43(4)21-48)31(47)39-25(14-9-10-16-33)30(46)40-26(28(34)44)18-22-12-7-6-8-13-22;1-2/h6-8,12-13,20-21,24-27,37H,5,9-11,14-19,33H2,1-4H3,(H2,34,44)(H,39,47)(H,40,46)(H,41,45)(H4,35,36,38);1-2H3/b23-20-;. The summed E-state index contributed by atoms with van der Waals surface area (Å²) in [7, 11) is 5.39. The SMILES string of the molecule is CC.CCNC(CCCN=C(N)N)C(=O)NC(C/C(=C/N(C)C)N(C)C=S)C(=O)NC(CCCCN)C(=O)NC(Cc1ccccc1)C(N)=O. The molecule has 50 heavy (non-hydrogen) atoms. The Hall–Kier alpha value is -4.28. The first-order valence-electron chi connectivity index (χ1n) is 17.1. The Kier molecular flexibility index (Phi) is 24.3. The van der Waals surface area contributed by atoms with Crippen molar-refractivity contribution < 1.29 is 19.2 Å². The Labute approximate surface area is 303 Å². The summed E-state index contributed by atoms with van der Waals surface area (Å²) in [5.41, 5.74) is 25.1. The molecule has 0 heterocycles. The van der Waals surface area contributed by atoms with Crippen LogP contribution in [0.1, 0.15) is 64.9 Å². The minimum atomic E-state index is -1.10. The Balaban J connectivity index is 0.0000118. The van der Waals surface area contributed by atoms with Gasteiger partial charge in [0.15, 0.2) is 5.96 Å². The molecule has 0 aliphatic rings. The van der Waals surface area contributed by atoms with Gasteiger partial charge >= 0.3 is 0 Å². The zero-order valence-electron chi connectivity index (χ0n) is 30.6. The van der Waals surface area contributed by atoms with E-state index >= 15 is 0 Å². The van der Waals surface area contributed by atoms with E-state index in [1.165, 1.54) is 5.49 Å². The maximum Gasteiger partial charge on any atom is 0.243 e. The number of carbonyl (C=O) groups is 4. The lowest BCUT2D eigenvalue weighted by Crippen LogP contribution is -2.58. The Bertz CT molecular complexity index is 1230. The van der Waals surface area contributed by atoms with Crippen LogP contribution >= 0.6 is 12.2 Å². The van der Waals surface area contributed by atoms with E-state index in [1.807, 2.05) is 65.2 Å². The summed E-state index contributed by atoms with van der Waals surface area (Å²) in [5.74, 6) is -2.31. The molecule has 0 aromatic heterocycles. The maximum absolute atomic E-state index is 14.0. The average molecular weight is 720 g/mol. The van der Waals surface area contributed by atoms with Crippen molar-refractivity contribution in [2.24, 2.45) is 27.9 Å². The number of nitrogens with one attached hydrogen (secondary N) is 4. The highest BCUT2D eigenvalue weighted by Gasteiger charge is 2.31. The number of hydrogen-bond donors (Lipinski definition) is 8. The Morgan fingerprint density at radius 3 is 1.94 bits per heavy atom. The van der Waals surface area contributed by atoms with Crippen LogP contribution in [0.4, 0.5) is 0 Å².